The normalized spacial score (nSPS) is 22.3. The van der Waals surface area contributed by atoms with Gasteiger partial charge in [-0.15, -0.1) is 0 Å². The summed E-state index contributed by atoms with van der Waals surface area (Å²) in [5.41, 5.74) is -1.82. The number of likely N-dealkylation sites (tertiary alicyclic amines) is 1. The van der Waals surface area contributed by atoms with E-state index in [2.05, 4.69) is 0 Å². The summed E-state index contributed by atoms with van der Waals surface area (Å²) in [6.07, 6.45) is 2.43. The summed E-state index contributed by atoms with van der Waals surface area (Å²) in [6, 6.07) is 3.66. The number of amides is 2. The second kappa shape index (κ2) is 7.18. The van der Waals surface area contributed by atoms with Crippen LogP contribution in [0.25, 0.3) is 0 Å². The predicted molar refractivity (Wildman–Crippen MR) is 105 cm³/mol. The first-order valence-electron chi connectivity index (χ1n) is 10.4. The molecule has 1 aromatic rings. The van der Waals surface area contributed by atoms with Crippen LogP contribution in [-0.4, -0.2) is 64.8 Å². The standard InChI is InChI=1S/C22H28F2N2O4/c1-20(2,3)29-19(28)25-11-9-22(10-12-25)14-26(13-21(30-22)7-8-21)18(27)15-5-4-6-16(23)17(15)24/h4-6H,7-14H2,1-3H3. The third-order valence-electron chi connectivity index (χ3n) is 5.99. The molecule has 1 aliphatic carbocycles. The SMILES string of the molecule is CC(C)(C)OC(=O)N1CCC2(CC1)CN(C(=O)c1cccc(F)c1F)CC1(CC1)O2. The maximum Gasteiger partial charge on any atom is 0.410 e. The molecule has 2 spiro atoms. The fourth-order valence-electron chi connectivity index (χ4n) is 4.34. The van der Waals surface area contributed by atoms with Gasteiger partial charge in [-0.05, 0) is 58.6 Å². The van der Waals surface area contributed by atoms with Crippen LogP contribution < -0.4 is 0 Å². The molecule has 164 valence electrons. The number of carbonyl (C=O) groups excluding carboxylic acids is 2. The minimum absolute atomic E-state index is 0.256. The smallest absolute Gasteiger partial charge is 0.410 e. The Hall–Kier alpha value is -2.22. The van der Waals surface area contributed by atoms with E-state index < -0.39 is 34.3 Å². The van der Waals surface area contributed by atoms with Crippen LogP contribution in [0, 0.1) is 11.6 Å². The first-order valence-corrected chi connectivity index (χ1v) is 10.4. The van der Waals surface area contributed by atoms with Crippen molar-refractivity contribution in [1.82, 2.24) is 9.80 Å². The van der Waals surface area contributed by atoms with Crippen molar-refractivity contribution in [3.63, 3.8) is 0 Å². The number of ether oxygens (including phenoxy) is 2. The number of piperidine rings is 1. The Labute approximate surface area is 175 Å². The zero-order chi connectivity index (χ0) is 21.7. The highest BCUT2D eigenvalue weighted by atomic mass is 19.2. The van der Waals surface area contributed by atoms with Gasteiger partial charge >= 0.3 is 6.09 Å². The lowest BCUT2D eigenvalue weighted by Crippen LogP contribution is -2.62. The van der Waals surface area contributed by atoms with Gasteiger partial charge in [0.25, 0.3) is 5.91 Å². The van der Waals surface area contributed by atoms with Gasteiger partial charge in [0.1, 0.15) is 5.60 Å². The molecule has 2 aliphatic heterocycles. The Morgan fingerprint density at radius 3 is 2.17 bits per heavy atom. The number of carbonyl (C=O) groups is 2. The van der Waals surface area contributed by atoms with Gasteiger partial charge in [-0.2, -0.15) is 0 Å². The van der Waals surface area contributed by atoms with Gasteiger partial charge in [-0.3, -0.25) is 4.79 Å². The number of benzene rings is 1. The zero-order valence-electron chi connectivity index (χ0n) is 17.7. The summed E-state index contributed by atoms with van der Waals surface area (Å²) in [4.78, 5) is 28.6. The van der Waals surface area contributed by atoms with Crippen molar-refractivity contribution >= 4 is 12.0 Å². The largest absolute Gasteiger partial charge is 0.444 e. The summed E-state index contributed by atoms with van der Waals surface area (Å²) in [6.45, 7) is 7.07. The number of nitrogens with zero attached hydrogens (tertiary/aromatic N) is 2. The highest BCUT2D eigenvalue weighted by Gasteiger charge is 2.57. The molecule has 8 heteroatoms. The van der Waals surface area contributed by atoms with Crippen LogP contribution in [0.3, 0.4) is 0 Å². The lowest BCUT2D eigenvalue weighted by atomic mass is 9.88. The van der Waals surface area contributed by atoms with E-state index in [-0.39, 0.29) is 11.7 Å². The third kappa shape index (κ3) is 4.15. The summed E-state index contributed by atoms with van der Waals surface area (Å²) in [7, 11) is 0. The average molecular weight is 422 g/mol. The quantitative estimate of drug-likeness (QED) is 0.692. The molecule has 0 bridgehead atoms. The van der Waals surface area contributed by atoms with Crippen LogP contribution in [0.15, 0.2) is 18.2 Å². The molecule has 1 aromatic carbocycles. The highest BCUT2D eigenvalue weighted by molar-refractivity contribution is 5.94. The van der Waals surface area contributed by atoms with E-state index in [0.717, 1.165) is 18.9 Å². The Morgan fingerprint density at radius 1 is 1.00 bits per heavy atom. The zero-order valence-corrected chi connectivity index (χ0v) is 17.7. The molecular weight excluding hydrogens is 394 g/mol. The number of hydrogen-bond donors (Lipinski definition) is 0. The van der Waals surface area contributed by atoms with Gasteiger partial charge in [0.2, 0.25) is 0 Å². The van der Waals surface area contributed by atoms with E-state index >= 15 is 0 Å². The molecule has 1 saturated carbocycles. The summed E-state index contributed by atoms with van der Waals surface area (Å²) in [5, 5.41) is 0. The molecule has 30 heavy (non-hydrogen) atoms. The van der Waals surface area contributed by atoms with Crippen LogP contribution in [0.5, 0.6) is 0 Å². The van der Waals surface area contributed by atoms with Crippen LogP contribution >= 0.6 is 0 Å². The van der Waals surface area contributed by atoms with Crippen molar-refractivity contribution in [3.05, 3.63) is 35.4 Å². The Kier molecular flexibility index (Phi) is 5.03. The molecule has 2 amide bonds. The molecular formula is C22H28F2N2O4. The molecule has 2 saturated heterocycles. The maximum atomic E-state index is 14.2. The minimum Gasteiger partial charge on any atom is -0.444 e. The van der Waals surface area contributed by atoms with Gasteiger partial charge in [0.05, 0.1) is 29.9 Å². The lowest BCUT2D eigenvalue weighted by Gasteiger charge is -2.50. The highest BCUT2D eigenvalue weighted by Crippen LogP contribution is 2.49. The van der Waals surface area contributed by atoms with Crippen LogP contribution in [0.4, 0.5) is 13.6 Å². The fourth-order valence-corrected chi connectivity index (χ4v) is 4.34. The lowest BCUT2D eigenvalue weighted by molar-refractivity contribution is -0.178. The van der Waals surface area contributed by atoms with Crippen LogP contribution in [0.1, 0.15) is 56.8 Å². The topological polar surface area (TPSA) is 59.1 Å². The molecule has 0 unspecified atom stereocenters. The van der Waals surface area contributed by atoms with Gasteiger partial charge in [-0.25, -0.2) is 13.6 Å². The number of rotatable bonds is 1. The van der Waals surface area contributed by atoms with Gasteiger partial charge in [-0.1, -0.05) is 6.07 Å². The minimum atomic E-state index is -1.12. The third-order valence-corrected chi connectivity index (χ3v) is 5.99. The number of halogens is 2. The molecule has 2 heterocycles. The molecule has 0 aromatic heterocycles. The number of hydrogen-bond acceptors (Lipinski definition) is 4. The molecule has 6 nitrogen and oxygen atoms in total. The average Bonchev–Trinajstić information content (AvgIpc) is 3.40. The first kappa shape index (κ1) is 21.0. The van der Waals surface area contributed by atoms with Crippen LogP contribution in [0.2, 0.25) is 0 Å². The van der Waals surface area contributed by atoms with E-state index in [9.17, 15) is 18.4 Å². The van der Waals surface area contributed by atoms with Gasteiger partial charge in [0, 0.05) is 13.1 Å². The van der Waals surface area contributed by atoms with Crippen molar-refractivity contribution in [2.45, 2.75) is 63.3 Å². The van der Waals surface area contributed by atoms with E-state index in [0.29, 0.717) is 39.0 Å². The van der Waals surface area contributed by atoms with Gasteiger partial charge in [0.15, 0.2) is 11.6 Å². The fraction of sp³-hybridized carbons (Fsp3) is 0.636. The summed E-state index contributed by atoms with van der Waals surface area (Å²) >= 11 is 0. The van der Waals surface area contributed by atoms with Crippen molar-refractivity contribution in [1.29, 1.82) is 0 Å². The molecule has 4 rings (SSSR count). The Morgan fingerprint density at radius 2 is 1.60 bits per heavy atom. The molecule has 0 atom stereocenters. The van der Waals surface area contributed by atoms with Crippen molar-refractivity contribution < 1.29 is 27.8 Å². The van der Waals surface area contributed by atoms with E-state index in [4.69, 9.17) is 9.47 Å². The van der Waals surface area contributed by atoms with E-state index in [1.54, 1.807) is 9.80 Å². The maximum absolute atomic E-state index is 14.2. The second-order valence-electron chi connectivity index (χ2n) is 9.70. The summed E-state index contributed by atoms with van der Waals surface area (Å²) in [5.74, 6) is -2.67. The molecule has 0 N–H and O–H groups in total. The van der Waals surface area contributed by atoms with Crippen molar-refractivity contribution in [2.75, 3.05) is 26.2 Å². The molecule has 0 radical (unpaired) electrons. The van der Waals surface area contributed by atoms with Crippen LogP contribution in [-0.2, 0) is 9.47 Å². The molecule has 3 fully saturated rings. The van der Waals surface area contributed by atoms with Crippen molar-refractivity contribution in [2.24, 2.45) is 0 Å². The van der Waals surface area contributed by atoms with E-state index in [1.165, 1.54) is 12.1 Å². The monoisotopic (exact) mass is 422 g/mol. The summed E-state index contributed by atoms with van der Waals surface area (Å²) < 4.78 is 39.8. The second-order valence-corrected chi connectivity index (χ2v) is 9.70. The molecule has 3 aliphatic rings. The predicted octanol–water partition coefficient (Wildman–Crippen LogP) is 3.74. The Bertz CT molecular complexity index is 855. The number of morpholine rings is 1. The van der Waals surface area contributed by atoms with Crippen molar-refractivity contribution in [3.8, 4) is 0 Å². The Balaban J connectivity index is 1.48. The first-order chi connectivity index (χ1) is 14.0. The van der Waals surface area contributed by atoms with E-state index in [1.807, 2.05) is 20.8 Å². The van der Waals surface area contributed by atoms with Gasteiger partial charge < -0.3 is 19.3 Å².